The number of anilines is 2. The fourth-order valence-electron chi connectivity index (χ4n) is 2.73. The number of nitrogens with zero attached hydrogens (tertiary/aromatic N) is 1. The molecular weight excluding hydrogens is 220 g/mol. The van der Waals surface area contributed by atoms with E-state index in [0.29, 0.717) is 6.54 Å². The summed E-state index contributed by atoms with van der Waals surface area (Å²) >= 11 is 0. The molecule has 0 aromatic heterocycles. The molecule has 0 fully saturated rings. The number of para-hydroxylation sites is 2. The van der Waals surface area contributed by atoms with Crippen LogP contribution >= 0.6 is 0 Å². The maximum atomic E-state index is 5.70. The van der Waals surface area contributed by atoms with Crippen molar-refractivity contribution in [1.29, 1.82) is 0 Å². The van der Waals surface area contributed by atoms with E-state index in [-0.39, 0.29) is 0 Å². The van der Waals surface area contributed by atoms with Crippen LogP contribution in [0.3, 0.4) is 0 Å². The van der Waals surface area contributed by atoms with E-state index in [4.69, 9.17) is 5.73 Å². The van der Waals surface area contributed by atoms with Crippen LogP contribution in [0.1, 0.15) is 11.1 Å². The van der Waals surface area contributed by atoms with E-state index in [1.54, 1.807) is 0 Å². The Hall–Kier alpha value is -1.80. The second-order valence-corrected chi connectivity index (χ2v) is 4.70. The molecule has 0 amide bonds. The van der Waals surface area contributed by atoms with Gasteiger partial charge in [-0.05, 0) is 42.6 Å². The zero-order chi connectivity index (χ0) is 12.4. The van der Waals surface area contributed by atoms with E-state index < -0.39 is 0 Å². The summed E-state index contributed by atoms with van der Waals surface area (Å²) in [6.07, 6.45) is 2.07. The highest BCUT2D eigenvalue weighted by atomic mass is 15.2. The molecule has 0 spiro atoms. The lowest BCUT2D eigenvalue weighted by Gasteiger charge is -2.22. The highest BCUT2D eigenvalue weighted by Crippen LogP contribution is 2.35. The number of benzene rings is 2. The third-order valence-corrected chi connectivity index (χ3v) is 3.58. The van der Waals surface area contributed by atoms with Crippen LogP contribution in [0.4, 0.5) is 11.4 Å². The van der Waals surface area contributed by atoms with Crippen LogP contribution in [0.5, 0.6) is 0 Å². The van der Waals surface area contributed by atoms with Crippen LogP contribution in [0.2, 0.25) is 0 Å². The Kier molecular flexibility index (Phi) is 3.03. The maximum Gasteiger partial charge on any atom is 0.0444 e. The van der Waals surface area contributed by atoms with Gasteiger partial charge in [-0.2, -0.15) is 0 Å². The van der Waals surface area contributed by atoms with Crippen LogP contribution in [0.25, 0.3) is 0 Å². The van der Waals surface area contributed by atoms with Crippen molar-refractivity contribution in [2.45, 2.75) is 12.8 Å². The zero-order valence-corrected chi connectivity index (χ0v) is 10.5. The van der Waals surface area contributed by atoms with E-state index in [9.17, 15) is 0 Å². The van der Waals surface area contributed by atoms with Gasteiger partial charge < -0.3 is 10.6 Å². The summed E-state index contributed by atoms with van der Waals surface area (Å²) in [6, 6.07) is 17.3. The standard InChI is InChI=1S/C16H18N2/c17-11-9-13-5-1-3-7-15(13)18-12-10-14-6-2-4-8-16(14)18/h1-8H,9-12,17H2. The molecule has 18 heavy (non-hydrogen) atoms. The Bertz CT molecular complexity index is 548. The predicted octanol–water partition coefficient (Wildman–Crippen LogP) is 2.88. The molecule has 1 heterocycles. The summed E-state index contributed by atoms with van der Waals surface area (Å²) in [4.78, 5) is 2.42. The molecule has 1 aliphatic rings. The molecule has 0 unspecified atom stereocenters. The van der Waals surface area contributed by atoms with Gasteiger partial charge in [0.1, 0.15) is 0 Å². The topological polar surface area (TPSA) is 29.3 Å². The van der Waals surface area contributed by atoms with Crippen LogP contribution < -0.4 is 10.6 Å². The van der Waals surface area contributed by atoms with Gasteiger partial charge in [0.2, 0.25) is 0 Å². The Morgan fingerprint density at radius 2 is 1.67 bits per heavy atom. The van der Waals surface area contributed by atoms with Crippen molar-refractivity contribution in [3.63, 3.8) is 0 Å². The molecule has 0 aliphatic carbocycles. The molecule has 2 N–H and O–H groups in total. The van der Waals surface area contributed by atoms with Gasteiger partial charge in [0.15, 0.2) is 0 Å². The van der Waals surface area contributed by atoms with Gasteiger partial charge in [0.05, 0.1) is 0 Å². The molecule has 0 radical (unpaired) electrons. The number of rotatable bonds is 3. The number of hydrogen-bond acceptors (Lipinski definition) is 2. The molecule has 0 atom stereocenters. The van der Waals surface area contributed by atoms with Gasteiger partial charge in [0.25, 0.3) is 0 Å². The third kappa shape index (κ3) is 1.89. The quantitative estimate of drug-likeness (QED) is 0.891. The minimum absolute atomic E-state index is 0.701. The zero-order valence-electron chi connectivity index (χ0n) is 10.5. The monoisotopic (exact) mass is 238 g/mol. The SMILES string of the molecule is NCCc1ccccc1N1CCc2ccccc21. The van der Waals surface area contributed by atoms with E-state index >= 15 is 0 Å². The van der Waals surface area contributed by atoms with Crippen molar-refractivity contribution in [2.75, 3.05) is 18.0 Å². The van der Waals surface area contributed by atoms with Crippen molar-refractivity contribution in [1.82, 2.24) is 0 Å². The van der Waals surface area contributed by atoms with E-state index in [1.807, 2.05) is 0 Å². The molecular formula is C16H18N2. The first kappa shape index (κ1) is 11.3. The second-order valence-electron chi connectivity index (χ2n) is 4.70. The number of fused-ring (bicyclic) bond motifs is 1. The minimum Gasteiger partial charge on any atom is -0.341 e. The largest absolute Gasteiger partial charge is 0.341 e. The van der Waals surface area contributed by atoms with Gasteiger partial charge in [0, 0.05) is 17.9 Å². The van der Waals surface area contributed by atoms with Gasteiger partial charge in [-0.1, -0.05) is 36.4 Å². The van der Waals surface area contributed by atoms with Crippen LogP contribution in [0.15, 0.2) is 48.5 Å². The first-order valence-electron chi connectivity index (χ1n) is 6.53. The summed E-state index contributed by atoms with van der Waals surface area (Å²) < 4.78 is 0. The molecule has 2 nitrogen and oxygen atoms in total. The van der Waals surface area contributed by atoms with Crippen molar-refractivity contribution in [3.05, 3.63) is 59.7 Å². The van der Waals surface area contributed by atoms with Crippen molar-refractivity contribution in [3.8, 4) is 0 Å². The summed E-state index contributed by atoms with van der Waals surface area (Å²) in [5.74, 6) is 0. The smallest absolute Gasteiger partial charge is 0.0444 e. The highest BCUT2D eigenvalue weighted by Gasteiger charge is 2.21. The molecule has 92 valence electrons. The van der Waals surface area contributed by atoms with Gasteiger partial charge in [-0.15, -0.1) is 0 Å². The molecule has 0 saturated carbocycles. The van der Waals surface area contributed by atoms with Crippen LogP contribution in [0, 0.1) is 0 Å². The fourth-order valence-corrected chi connectivity index (χ4v) is 2.73. The first-order chi connectivity index (χ1) is 8.90. The molecule has 2 heteroatoms. The lowest BCUT2D eigenvalue weighted by molar-refractivity contribution is 0.939. The van der Waals surface area contributed by atoms with E-state index in [0.717, 1.165) is 19.4 Å². The Labute approximate surface area is 108 Å². The van der Waals surface area contributed by atoms with Gasteiger partial charge in [-0.25, -0.2) is 0 Å². The average Bonchev–Trinajstić information content (AvgIpc) is 2.84. The fraction of sp³-hybridized carbons (Fsp3) is 0.250. The predicted molar refractivity (Wildman–Crippen MR) is 76.4 cm³/mol. The van der Waals surface area contributed by atoms with Crippen molar-refractivity contribution < 1.29 is 0 Å². The Balaban J connectivity index is 2.02. The Morgan fingerprint density at radius 1 is 0.944 bits per heavy atom. The van der Waals surface area contributed by atoms with Gasteiger partial charge >= 0.3 is 0 Å². The van der Waals surface area contributed by atoms with Crippen molar-refractivity contribution in [2.24, 2.45) is 5.73 Å². The summed E-state index contributed by atoms with van der Waals surface area (Å²) in [5.41, 5.74) is 11.2. The normalized spacial score (nSPS) is 13.7. The maximum absolute atomic E-state index is 5.70. The molecule has 2 aromatic carbocycles. The van der Waals surface area contributed by atoms with E-state index in [1.165, 1.54) is 22.5 Å². The average molecular weight is 238 g/mol. The number of hydrogen-bond donors (Lipinski definition) is 1. The van der Waals surface area contributed by atoms with Crippen LogP contribution in [-0.2, 0) is 12.8 Å². The minimum atomic E-state index is 0.701. The lowest BCUT2D eigenvalue weighted by Crippen LogP contribution is -2.16. The lowest BCUT2D eigenvalue weighted by atomic mass is 10.1. The summed E-state index contributed by atoms with van der Waals surface area (Å²) in [7, 11) is 0. The second kappa shape index (κ2) is 4.83. The summed E-state index contributed by atoms with van der Waals surface area (Å²) in [5, 5.41) is 0. The number of nitrogens with two attached hydrogens (primary N) is 1. The van der Waals surface area contributed by atoms with Gasteiger partial charge in [-0.3, -0.25) is 0 Å². The van der Waals surface area contributed by atoms with Crippen molar-refractivity contribution >= 4 is 11.4 Å². The highest BCUT2D eigenvalue weighted by molar-refractivity contribution is 5.72. The molecule has 0 saturated heterocycles. The first-order valence-corrected chi connectivity index (χ1v) is 6.53. The summed E-state index contributed by atoms with van der Waals surface area (Å²) in [6.45, 7) is 1.77. The third-order valence-electron chi connectivity index (χ3n) is 3.58. The molecule has 2 aromatic rings. The van der Waals surface area contributed by atoms with E-state index in [2.05, 4.69) is 53.4 Å². The molecule has 0 bridgehead atoms. The Morgan fingerprint density at radius 3 is 2.50 bits per heavy atom. The van der Waals surface area contributed by atoms with Crippen LogP contribution in [-0.4, -0.2) is 13.1 Å². The molecule has 1 aliphatic heterocycles. The molecule has 3 rings (SSSR count).